The number of benzene rings is 1. The van der Waals surface area contributed by atoms with E-state index < -0.39 is 0 Å². The number of nitrogen functional groups attached to an aromatic ring is 1. The van der Waals surface area contributed by atoms with Crippen LogP contribution in [0.3, 0.4) is 0 Å². The highest BCUT2D eigenvalue weighted by Crippen LogP contribution is 2.23. The molecule has 0 atom stereocenters. The fraction of sp³-hybridized carbons (Fsp3) is 0.385. The molecular weight excluding hydrogens is 228 g/mol. The second-order valence-corrected chi connectivity index (χ2v) is 4.57. The van der Waals surface area contributed by atoms with E-state index in [4.69, 9.17) is 10.3 Å². The minimum absolute atomic E-state index is 0.530. The van der Waals surface area contributed by atoms with E-state index in [0.717, 1.165) is 18.7 Å². The molecule has 0 amide bonds. The molecule has 2 N–H and O–H groups in total. The molecular formula is C13H16N4O. The van der Waals surface area contributed by atoms with Crippen LogP contribution >= 0.6 is 0 Å². The number of hydrogen-bond acceptors (Lipinski definition) is 5. The third-order valence-electron chi connectivity index (χ3n) is 3.19. The quantitative estimate of drug-likeness (QED) is 0.821. The molecule has 5 heteroatoms. The Hall–Kier alpha value is -2.04. The van der Waals surface area contributed by atoms with Gasteiger partial charge in [-0.05, 0) is 42.6 Å². The monoisotopic (exact) mass is 244 g/mol. The summed E-state index contributed by atoms with van der Waals surface area (Å²) in [5.74, 6) is 1.22. The van der Waals surface area contributed by atoms with E-state index in [1.165, 1.54) is 19.3 Å². The minimum atomic E-state index is 0.530. The van der Waals surface area contributed by atoms with Gasteiger partial charge in [0.2, 0.25) is 0 Å². The lowest BCUT2D eigenvalue weighted by Crippen LogP contribution is -2.30. The Balaban J connectivity index is 1.84. The molecule has 0 radical (unpaired) electrons. The standard InChI is InChI=1S/C13H16N4O/c14-11-6-4-5-10(9-11)12-15-13(16-18-12)17-7-2-1-3-8-17/h4-6,9H,1-3,7-8,14H2. The summed E-state index contributed by atoms with van der Waals surface area (Å²) in [6.45, 7) is 2.02. The molecule has 3 rings (SSSR count). The van der Waals surface area contributed by atoms with Crippen LogP contribution in [0.4, 0.5) is 11.6 Å². The van der Waals surface area contributed by atoms with Crippen LogP contribution in [0.1, 0.15) is 19.3 Å². The lowest BCUT2D eigenvalue weighted by molar-refractivity contribution is 0.426. The highest BCUT2D eigenvalue weighted by Gasteiger charge is 2.17. The fourth-order valence-corrected chi connectivity index (χ4v) is 2.23. The number of rotatable bonds is 2. The van der Waals surface area contributed by atoms with Crippen molar-refractivity contribution in [2.75, 3.05) is 23.7 Å². The average molecular weight is 244 g/mol. The third-order valence-corrected chi connectivity index (χ3v) is 3.19. The summed E-state index contributed by atoms with van der Waals surface area (Å²) < 4.78 is 5.30. The van der Waals surface area contributed by atoms with Crippen molar-refractivity contribution in [2.24, 2.45) is 0 Å². The van der Waals surface area contributed by atoms with Crippen LogP contribution in [0.25, 0.3) is 11.5 Å². The van der Waals surface area contributed by atoms with Crippen LogP contribution < -0.4 is 10.6 Å². The topological polar surface area (TPSA) is 68.2 Å². The van der Waals surface area contributed by atoms with E-state index >= 15 is 0 Å². The first-order valence-corrected chi connectivity index (χ1v) is 6.27. The summed E-state index contributed by atoms with van der Waals surface area (Å²) >= 11 is 0. The Morgan fingerprint density at radius 2 is 2.00 bits per heavy atom. The first-order valence-electron chi connectivity index (χ1n) is 6.27. The van der Waals surface area contributed by atoms with Gasteiger partial charge in [-0.2, -0.15) is 4.98 Å². The highest BCUT2D eigenvalue weighted by molar-refractivity contribution is 5.60. The van der Waals surface area contributed by atoms with Gasteiger partial charge in [0, 0.05) is 24.3 Å². The minimum Gasteiger partial charge on any atom is -0.399 e. The van der Waals surface area contributed by atoms with Gasteiger partial charge < -0.3 is 15.2 Å². The zero-order valence-electron chi connectivity index (χ0n) is 10.2. The molecule has 0 spiro atoms. The molecule has 1 aliphatic rings. The van der Waals surface area contributed by atoms with Crippen LogP contribution in [0, 0.1) is 0 Å². The van der Waals surface area contributed by atoms with Gasteiger partial charge in [0.25, 0.3) is 11.8 Å². The molecule has 0 saturated carbocycles. The zero-order chi connectivity index (χ0) is 12.4. The molecule has 1 aromatic carbocycles. The molecule has 1 saturated heterocycles. The lowest BCUT2D eigenvalue weighted by atomic mass is 10.1. The smallest absolute Gasteiger partial charge is 0.266 e. The highest BCUT2D eigenvalue weighted by atomic mass is 16.5. The van der Waals surface area contributed by atoms with Crippen molar-refractivity contribution in [2.45, 2.75) is 19.3 Å². The second kappa shape index (κ2) is 4.68. The lowest BCUT2D eigenvalue weighted by Gasteiger charge is -2.24. The van der Waals surface area contributed by atoms with Crippen LogP contribution in [-0.4, -0.2) is 23.2 Å². The van der Waals surface area contributed by atoms with Crippen molar-refractivity contribution in [3.05, 3.63) is 24.3 Å². The maximum absolute atomic E-state index is 5.75. The van der Waals surface area contributed by atoms with E-state index in [9.17, 15) is 0 Å². The number of nitrogens with two attached hydrogens (primary N) is 1. The van der Waals surface area contributed by atoms with Gasteiger partial charge in [0.1, 0.15) is 0 Å². The first-order chi connectivity index (χ1) is 8.83. The molecule has 2 heterocycles. The van der Waals surface area contributed by atoms with Gasteiger partial charge in [-0.3, -0.25) is 0 Å². The summed E-state index contributed by atoms with van der Waals surface area (Å²) in [4.78, 5) is 6.61. The zero-order valence-corrected chi connectivity index (χ0v) is 10.2. The Kier molecular flexibility index (Phi) is 2.88. The summed E-state index contributed by atoms with van der Waals surface area (Å²) in [5, 5.41) is 4.04. The molecule has 0 unspecified atom stereocenters. The first kappa shape index (κ1) is 11.1. The molecule has 1 fully saturated rings. The summed E-state index contributed by atoms with van der Waals surface area (Å²) in [6, 6.07) is 7.48. The molecule has 18 heavy (non-hydrogen) atoms. The van der Waals surface area contributed by atoms with Crippen molar-refractivity contribution in [3.8, 4) is 11.5 Å². The number of nitrogens with zero attached hydrogens (tertiary/aromatic N) is 3. The van der Waals surface area contributed by atoms with Crippen molar-refractivity contribution >= 4 is 11.6 Å². The number of hydrogen-bond donors (Lipinski definition) is 1. The van der Waals surface area contributed by atoms with E-state index in [1.54, 1.807) is 0 Å². The summed E-state index contributed by atoms with van der Waals surface area (Å²) in [6.07, 6.45) is 3.68. The number of piperidine rings is 1. The van der Waals surface area contributed by atoms with Crippen molar-refractivity contribution in [1.29, 1.82) is 0 Å². The summed E-state index contributed by atoms with van der Waals surface area (Å²) in [7, 11) is 0. The SMILES string of the molecule is Nc1cccc(-c2nc(N3CCCCC3)no2)c1. The van der Waals surface area contributed by atoms with Crippen molar-refractivity contribution < 1.29 is 4.52 Å². The van der Waals surface area contributed by atoms with Gasteiger partial charge in [-0.25, -0.2) is 0 Å². The Morgan fingerprint density at radius 3 is 2.78 bits per heavy atom. The van der Waals surface area contributed by atoms with Gasteiger partial charge in [-0.1, -0.05) is 6.07 Å². The number of anilines is 2. The number of aromatic nitrogens is 2. The third kappa shape index (κ3) is 2.16. The molecule has 1 aromatic heterocycles. The molecule has 0 bridgehead atoms. The predicted molar refractivity (Wildman–Crippen MR) is 70.2 cm³/mol. The van der Waals surface area contributed by atoms with E-state index in [0.29, 0.717) is 17.5 Å². The molecule has 5 nitrogen and oxygen atoms in total. The maximum atomic E-state index is 5.75. The van der Waals surface area contributed by atoms with Crippen LogP contribution in [0.2, 0.25) is 0 Å². The second-order valence-electron chi connectivity index (χ2n) is 4.57. The van der Waals surface area contributed by atoms with Gasteiger partial charge >= 0.3 is 0 Å². The average Bonchev–Trinajstić information content (AvgIpc) is 2.89. The van der Waals surface area contributed by atoms with E-state index in [2.05, 4.69) is 15.0 Å². The summed E-state index contributed by atoms with van der Waals surface area (Å²) in [5.41, 5.74) is 7.31. The Labute approximate surface area is 106 Å². The molecule has 94 valence electrons. The normalized spacial score (nSPS) is 15.9. The van der Waals surface area contributed by atoms with Gasteiger partial charge in [0.15, 0.2) is 0 Å². The van der Waals surface area contributed by atoms with Crippen LogP contribution in [0.15, 0.2) is 28.8 Å². The largest absolute Gasteiger partial charge is 0.399 e. The van der Waals surface area contributed by atoms with Gasteiger partial charge in [-0.15, -0.1) is 0 Å². The van der Waals surface area contributed by atoms with Crippen LogP contribution in [0.5, 0.6) is 0 Å². The predicted octanol–water partition coefficient (Wildman–Crippen LogP) is 2.31. The van der Waals surface area contributed by atoms with Crippen molar-refractivity contribution in [3.63, 3.8) is 0 Å². The molecule has 2 aromatic rings. The van der Waals surface area contributed by atoms with Crippen molar-refractivity contribution in [1.82, 2.24) is 10.1 Å². The Bertz CT molecular complexity index is 531. The Morgan fingerprint density at radius 1 is 1.17 bits per heavy atom. The maximum Gasteiger partial charge on any atom is 0.266 e. The molecule has 1 aliphatic heterocycles. The van der Waals surface area contributed by atoms with Gasteiger partial charge in [0.05, 0.1) is 0 Å². The van der Waals surface area contributed by atoms with Crippen LogP contribution in [-0.2, 0) is 0 Å². The van der Waals surface area contributed by atoms with E-state index in [-0.39, 0.29) is 0 Å². The van der Waals surface area contributed by atoms with E-state index in [1.807, 2.05) is 24.3 Å². The molecule has 0 aliphatic carbocycles. The fourth-order valence-electron chi connectivity index (χ4n) is 2.23.